The molecule has 2 aliphatic rings. The van der Waals surface area contributed by atoms with Crippen molar-refractivity contribution in [2.24, 2.45) is 5.41 Å². The number of alkyl halides is 3. The number of amides is 1. The second kappa shape index (κ2) is 7.20. The van der Waals surface area contributed by atoms with E-state index in [-0.39, 0.29) is 47.1 Å². The van der Waals surface area contributed by atoms with Crippen LogP contribution in [0.2, 0.25) is 0 Å². The zero-order chi connectivity index (χ0) is 18.4. The molecule has 10 heteroatoms. The van der Waals surface area contributed by atoms with Crippen molar-refractivity contribution in [3.8, 4) is 0 Å². The summed E-state index contributed by atoms with van der Waals surface area (Å²) < 4.78 is 43.7. The van der Waals surface area contributed by atoms with Gasteiger partial charge in [-0.25, -0.2) is 0 Å². The van der Waals surface area contributed by atoms with E-state index in [0.29, 0.717) is 6.54 Å². The Bertz CT molecular complexity index is 833. The molecule has 0 bridgehead atoms. The van der Waals surface area contributed by atoms with Gasteiger partial charge in [0, 0.05) is 25.0 Å². The Morgan fingerprint density at radius 3 is 2.89 bits per heavy atom. The number of hydrogen-bond donors (Lipinski definition) is 2. The predicted octanol–water partition coefficient (Wildman–Crippen LogP) is 2.89. The fourth-order valence-electron chi connectivity index (χ4n) is 3.81. The zero-order valence-electron chi connectivity index (χ0n) is 14.4. The van der Waals surface area contributed by atoms with Crippen molar-refractivity contribution in [3.63, 3.8) is 0 Å². The third-order valence-electron chi connectivity index (χ3n) is 5.33. The van der Waals surface area contributed by atoms with Gasteiger partial charge < -0.3 is 20.1 Å². The molecule has 4 rings (SSSR count). The minimum atomic E-state index is -4.45. The van der Waals surface area contributed by atoms with Crippen LogP contribution in [-0.2, 0) is 11.0 Å². The zero-order valence-corrected chi connectivity index (χ0v) is 15.3. The highest BCUT2D eigenvalue weighted by atomic mass is 35.5. The lowest BCUT2D eigenvalue weighted by Gasteiger charge is -2.22. The van der Waals surface area contributed by atoms with Crippen LogP contribution in [0.4, 0.5) is 19.0 Å². The molecule has 0 aliphatic carbocycles. The minimum Gasteiger partial charge on any atom is -0.358 e. The van der Waals surface area contributed by atoms with Gasteiger partial charge in [0.15, 0.2) is 11.4 Å². The summed E-state index contributed by atoms with van der Waals surface area (Å²) in [6.07, 6.45) is -2.40. The minimum absolute atomic E-state index is 0. The summed E-state index contributed by atoms with van der Waals surface area (Å²) in [5.41, 5.74) is -0.361. The molecular formula is C17H20ClF3N4O2. The fraction of sp³-hybridized carbons (Fsp3) is 0.529. The van der Waals surface area contributed by atoms with Gasteiger partial charge in [-0.05, 0) is 37.6 Å². The third kappa shape index (κ3) is 3.84. The number of aromatic nitrogens is 1. The highest BCUT2D eigenvalue weighted by molar-refractivity contribution is 5.90. The summed E-state index contributed by atoms with van der Waals surface area (Å²) >= 11 is 0. The molecule has 6 nitrogen and oxygen atoms in total. The summed E-state index contributed by atoms with van der Waals surface area (Å²) in [7, 11) is 0. The second-order valence-corrected chi connectivity index (χ2v) is 7.09. The Morgan fingerprint density at radius 2 is 2.19 bits per heavy atom. The normalized spacial score (nSPS) is 22.4. The molecule has 2 aliphatic heterocycles. The van der Waals surface area contributed by atoms with Crippen LogP contribution < -0.4 is 10.6 Å². The molecule has 148 valence electrons. The molecule has 2 N–H and O–H groups in total. The van der Waals surface area contributed by atoms with E-state index in [9.17, 15) is 18.0 Å². The number of halogens is 4. The topological polar surface area (TPSA) is 70.4 Å². The van der Waals surface area contributed by atoms with Gasteiger partial charge in [-0.2, -0.15) is 13.2 Å². The lowest BCUT2D eigenvalue weighted by atomic mass is 9.87. The molecule has 0 radical (unpaired) electrons. The molecule has 2 saturated heterocycles. The van der Waals surface area contributed by atoms with E-state index in [1.165, 1.54) is 6.07 Å². The van der Waals surface area contributed by atoms with Gasteiger partial charge in [0.2, 0.25) is 5.91 Å². The summed E-state index contributed by atoms with van der Waals surface area (Å²) in [5.74, 6) is 0.0628. The third-order valence-corrected chi connectivity index (χ3v) is 5.33. The smallest absolute Gasteiger partial charge is 0.358 e. The molecule has 1 aromatic carbocycles. The quantitative estimate of drug-likeness (QED) is 0.823. The molecule has 3 heterocycles. The predicted molar refractivity (Wildman–Crippen MR) is 95.9 cm³/mol. The first kappa shape index (κ1) is 19.8. The van der Waals surface area contributed by atoms with E-state index < -0.39 is 11.7 Å². The number of carbonyl (C=O) groups excluding carboxylic acids is 1. The van der Waals surface area contributed by atoms with Crippen LogP contribution in [0.1, 0.15) is 18.4 Å². The number of nitrogens with zero attached hydrogens (tertiary/aromatic N) is 2. The summed E-state index contributed by atoms with van der Waals surface area (Å²) in [6.45, 7) is 3.31. The Labute approximate surface area is 159 Å². The molecule has 0 saturated carbocycles. The van der Waals surface area contributed by atoms with Gasteiger partial charge in [0.05, 0.1) is 17.5 Å². The molecule has 1 unspecified atom stereocenters. The number of fused-ring (bicyclic) bond motifs is 1. The van der Waals surface area contributed by atoms with Crippen LogP contribution in [0.25, 0.3) is 11.0 Å². The average molecular weight is 405 g/mol. The highest BCUT2D eigenvalue weighted by Crippen LogP contribution is 2.36. The SMILES string of the molecule is Cl.O=C(CNc1noc2ccc(C(F)(F)F)cc12)N1CCC2(CCNC2)C1. The molecule has 1 aromatic heterocycles. The summed E-state index contributed by atoms with van der Waals surface area (Å²) in [4.78, 5) is 14.3. The Morgan fingerprint density at radius 1 is 1.37 bits per heavy atom. The van der Waals surface area contributed by atoms with Gasteiger partial charge >= 0.3 is 6.18 Å². The maximum absolute atomic E-state index is 12.9. The van der Waals surface area contributed by atoms with Gasteiger partial charge in [-0.3, -0.25) is 4.79 Å². The Kier molecular flexibility index (Phi) is 5.27. The second-order valence-electron chi connectivity index (χ2n) is 7.09. The van der Waals surface area contributed by atoms with Crippen molar-refractivity contribution in [2.45, 2.75) is 19.0 Å². The van der Waals surface area contributed by atoms with E-state index in [1.807, 2.05) is 4.90 Å². The number of carbonyl (C=O) groups is 1. The number of nitrogens with one attached hydrogen (secondary N) is 2. The average Bonchev–Trinajstić information content (AvgIpc) is 3.33. The number of rotatable bonds is 3. The molecule has 1 amide bonds. The van der Waals surface area contributed by atoms with Crippen molar-refractivity contribution >= 4 is 35.1 Å². The first-order chi connectivity index (χ1) is 12.4. The van der Waals surface area contributed by atoms with Gasteiger partial charge in [0.25, 0.3) is 0 Å². The first-order valence-corrected chi connectivity index (χ1v) is 8.55. The summed E-state index contributed by atoms with van der Waals surface area (Å²) in [6, 6.07) is 3.16. The van der Waals surface area contributed by atoms with Crippen LogP contribution in [0.5, 0.6) is 0 Å². The number of benzene rings is 1. The van der Waals surface area contributed by atoms with E-state index in [1.54, 1.807) is 0 Å². The van der Waals surface area contributed by atoms with Gasteiger partial charge in [-0.1, -0.05) is 5.16 Å². The Hall–Kier alpha value is -2.00. The van der Waals surface area contributed by atoms with Gasteiger partial charge in [0.1, 0.15) is 0 Å². The van der Waals surface area contributed by atoms with E-state index in [0.717, 1.165) is 44.6 Å². The van der Waals surface area contributed by atoms with E-state index >= 15 is 0 Å². The van der Waals surface area contributed by atoms with Gasteiger partial charge in [-0.15, -0.1) is 12.4 Å². The van der Waals surface area contributed by atoms with Crippen molar-refractivity contribution in [2.75, 3.05) is 38.0 Å². The van der Waals surface area contributed by atoms with Crippen LogP contribution in [-0.4, -0.2) is 48.7 Å². The molecule has 1 atom stereocenters. The van der Waals surface area contributed by atoms with E-state index in [4.69, 9.17) is 4.52 Å². The monoisotopic (exact) mass is 404 g/mol. The number of anilines is 1. The van der Waals surface area contributed by atoms with Crippen LogP contribution in [0, 0.1) is 5.41 Å². The number of hydrogen-bond acceptors (Lipinski definition) is 5. The first-order valence-electron chi connectivity index (χ1n) is 8.55. The number of likely N-dealkylation sites (tertiary alicyclic amines) is 1. The van der Waals surface area contributed by atoms with Crippen molar-refractivity contribution in [1.29, 1.82) is 0 Å². The van der Waals surface area contributed by atoms with Crippen molar-refractivity contribution < 1.29 is 22.5 Å². The molecule has 27 heavy (non-hydrogen) atoms. The van der Waals surface area contributed by atoms with Crippen LogP contribution >= 0.6 is 12.4 Å². The fourth-order valence-corrected chi connectivity index (χ4v) is 3.81. The maximum Gasteiger partial charge on any atom is 0.416 e. The summed E-state index contributed by atoms with van der Waals surface area (Å²) in [5, 5.41) is 10.1. The van der Waals surface area contributed by atoms with Crippen LogP contribution in [0.15, 0.2) is 22.7 Å². The Balaban J connectivity index is 0.00000210. The molecule has 1 spiro atoms. The van der Waals surface area contributed by atoms with Crippen molar-refractivity contribution in [3.05, 3.63) is 23.8 Å². The van der Waals surface area contributed by atoms with Crippen molar-refractivity contribution in [1.82, 2.24) is 15.4 Å². The lowest BCUT2D eigenvalue weighted by molar-refractivity contribution is -0.137. The van der Waals surface area contributed by atoms with Crippen LogP contribution in [0.3, 0.4) is 0 Å². The standard InChI is InChI=1S/C17H19F3N4O2.ClH/c18-17(19,20)11-1-2-13-12(7-11)15(23-26-13)22-8-14(25)24-6-4-16(10-24)3-5-21-9-16;/h1-2,7,21H,3-6,8-10H2,(H,22,23);1H. The lowest BCUT2D eigenvalue weighted by Crippen LogP contribution is -2.36. The largest absolute Gasteiger partial charge is 0.416 e. The molecular weight excluding hydrogens is 385 g/mol. The molecule has 2 fully saturated rings. The maximum atomic E-state index is 12.9. The highest BCUT2D eigenvalue weighted by Gasteiger charge is 2.41. The van der Waals surface area contributed by atoms with E-state index in [2.05, 4.69) is 15.8 Å². The molecule has 2 aromatic rings.